The van der Waals surface area contributed by atoms with Crippen molar-refractivity contribution in [1.29, 1.82) is 10.5 Å². The van der Waals surface area contributed by atoms with E-state index < -0.39 is 0 Å². The van der Waals surface area contributed by atoms with Crippen LogP contribution in [-0.4, -0.2) is 29.4 Å². The quantitative estimate of drug-likeness (QED) is 0.176. The fourth-order valence-corrected chi connectivity index (χ4v) is 4.55. The molecule has 0 aliphatic heterocycles. The van der Waals surface area contributed by atoms with Crippen LogP contribution in [0.2, 0.25) is 0 Å². The number of rotatable bonds is 8. The van der Waals surface area contributed by atoms with E-state index in [0.717, 1.165) is 11.1 Å². The summed E-state index contributed by atoms with van der Waals surface area (Å²) in [6, 6.07) is 18.4. The van der Waals surface area contributed by atoms with Crippen LogP contribution in [0.5, 0.6) is 0 Å². The van der Waals surface area contributed by atoms with Crippen LogP contribution < -0.4 is 0 Å². The third kappa shape index (κ3) is 7.04. The normalized spacial score (nSPS) is 10.6. The van der Waals surface area contributed by atoms with Gasteiger partial charge in [-0.15, -0.1) is 0 Å². The van der Waals surface area contributed by atoms with Crippen molar-refractivity contribution in [2.45, 2.75) is 66.5 Å². The van der Waals surface area contributed by atoms with E-state index in [1.807, 2.05) is 52.0 Å². The molecule has 12 heteroatoms. The van der Waals surface area contributed by atoms with Gasteiger partial charge in [-0.25, -0.2) is 0 Å². The highest BCUT2D eigenvalue weighted by atomic mass is 16.6. The first kappa shape index (κ1) is 31.2. The molecule has 0 atom stereocenters. The van der Waals surface area contributed by atoms with Crippen molar-refractivity contribution >= 4 is 11.4 Å². The molecule has 42 heavy (non-hydrogen) atoms. The fraction of sp³-hybridized carbons (Fsp3) is 0.333. The standard InChI is InChI=1S/2C15H16N4O2/c1-10(2)14-15(19(20)21)11(3)18(17-14)9-13-6-4-12(8-16)5-7-13;1-10(2)14-15(19(20)21)11(3)17-18(14)9-13-6-4-12(8-16)5-7-13/h2*4-7,10H,9H2,1-3H3. The third-order valence-corrected chi connectivity index (χ3v) is 6.62. The third-order valence-electron chi connectivity index (χ3n) is 6.62. The number of aryl methyl sites for hydroxylation is 1. The lowest BCUT2D eigenvalue weighted by Crippen LogP contribution is -2.08. The van der Waals surface area contributed by atoms with E-state index in [1.54, 1.807) is 47.5 Å². The zero-order valence-electron chi connectivity index (χ0n) is 24.4. The predicted molar refractivity (Wildman–Crippen MR) is 156 cm³/mol. The highest BCUT2D eigenvalue weighted by Gasteiger charge is 2.28. The molecule has 0 aliphatic carbocycles. The van der Waals surface area contributed by atoms with Gasteiger partial charge in [-0.1, -0.05) is 52.0 Å². The largest absolute Gasteiger partial charge is 0.313 e. The predicted octanol–water partition coefficient (Wildman–Crippen LogP) is 6.29. The van der Waals surface area contributed by atoms with Crippen LogP contribution in [-0.2, 0) is 13.1 Å². The molecule has 12 nitrogen and oxygen atoms in total. The number of hydrogen-bond donors (Lipinski definition) is 0. The summed E-state index contributed by atoms with van der Waals surface area (Å²) in [4.78, 5) is 21.7. The van der Waals surface area contributed by atoms with Crippen LogP contribution in [0.1, 0.15) is 84.6 Å². The number of nitrogens with zero attached hydrogens (tertiary/aromatic N) is 8. The molecular weight excluding hydrogens is 536 g/mol. The molecule has 0 radical (unpaired) electrons. The van der Waals surface area contributed by atoms with Gasteiger partial charge in [-0.05, 0) is 49.2 Å². The molecule has 0 aliphatic rings. The Hall–Kier alpha value is -5.36. The van der Waals surface area contributed by atoms with Gasteiger partial charge in [0.2, 0.25) is 0 Å². The van der Waals surface area contributed by atoms with Gasteiger partial charge in [0, 0.05) is 11.8 Å². The Balaban J connectivity index is 0.000000230. The minimum Gasteiger partial charge on any atom is -0.258 e. The Bertz CT molecular complexity index is 1660. The Kier molecular flexibility index (Phi) is 9.89. The van der Waals surface area contributed by atoms with Gasteiger partial charge in [0.15, 0.2) is 0 Å². The molecule has 0 saturated heterocycles. The minimum absolute atomic E-state index is 0.00461. The van der Waals surface area contributed by atoms with Gasteiger partial charge in [-0.3, -0.25) is 29.6 Å². The van der Waals surface area contributed by atoms with E-state index in [2.05, 4.69) is 22.3 Å². The lowest BCUT2D eigenvalue weighted by atomic mass is 10.1. The minimum atomic E-state index is -0.368. The van der Waals surface area contributed by atoms with Gasteiger partial charge in [0.1, 0.15) is 22.8 Å². The van der Waals surface area contributed by atoms with E-state index >= 15 is 0 Å². The molecule has 2 heterocycles. The summed E-state index contributed by atoms with van der Waals surface area (Å²) >= 11 is 0. The Morgan fingerprint density at radius 1 is 0.738 bits per heavy atom. The summed E-state index contributed by atoms with van der Waals surface area (Å²) < 4.78 is 3.33. The average molecular weight is 569 g/mol. The number of benzene rings is 2. The number of nitro groups is 2. The molecule has 4 rings (SSSR count). The number of aromatic nitrogens is 4. The SMILES string of the molecule is Cc1c([N+](=O)[O-])c(C(C)C)nn1Cc1ccc(C#N)cc1.Cc1nn(Cc2ccc(C#N)cc2)c(C(C)C)c1[N+](=O)[O-]. The summed E-state index contributed by atoms with van der Waals surface area (Å²) in [6.45, 7) is 11.9. The van der Waals surface area contributed by atoms with Crippen molar-refractivity contribution in [3.63, 3.8) is 0 Å². The first-order chi connectivity index (χ1) is 19.9. The van der Waals surface area contributed by atoms with Crippen LogP contribution in [0.25, 0.3) is 0 Å². The molecule has 0 spiro atoms. The first-order valence-electron chi connectivity index (χ1n) is 13.3. The Morgan fingerprint density at radius 2 is 1.19 bits per heavy atom. The van der Waals surface area contributed by atoms with Crippen LogP contribution in [0.15, 0.2) is 48.5 Å². The molecule has 0 unspecified atom stereocenters. The smallest absolute Gasteiger partial charge is 0.258 e. The van der Waals surface area contributed by atoms with Crippen molar-refractivity contribution in [1.82, 2.24) is 19.6 Å². The molecule has 0 bridgehead atoms. The lowest BCUT2D eigenvalue weighted by Gasteiger charge is -2.09. The van der Waals surface area contributed by atoms with Crippen molar-refractivity contribution in [2.75, 3.05) is 0 Å². The first-order valence-corrected chi connectivity index (χ1v) is 13.3. The summed E-state index contributed by atoms with van der Waals surface area (Å²) in [5.74, 6) is -0.00343. The summed E-state index contributed by atoms with van der Waals surface area (Å²) in [6.07, 6.45) is 0. The molecule has 0 amide bonds. The van der Waals surface area contributed by atoms with Gasteiger partial charge >= 0.3 is 11.4 Å². The number of nitriles is 2. The van der Waals surface area contributed by atoms with Crippen LogP contribution in [0, 0.1) is 56.7 Å². The second kappa shape index (κ2) is 13.3. The summed E-state index contributed by atoms with van der Waals surface area (Å²) in [5, 5.41) is 48.7. The second-order valence-corrected chi connectivity index (χ2v) is 10.4. The highest BCUT2D eigenvalue weighted by molar-refractivity contribution is 5.44. The maximum atomic E-state index is 11.2. The van der Waals surface area contributed by atoms with Gasteiger partial charge in [-0.2, -0.15) is 20.7 Å². The van der Waals surface area contributed by atoms with Crippen LogP contribution >= 0.6 is 0 Å². The zero-order valence-corrected chi connectivity index (χ0v) is 24.4. The second-order valence-electron chi connectivity index (χ2n) is 10.4. The van der Waals surface area contributed by atoms with Crippen molar-refractivity contribution in [2.24, 2.45) is 0 Å². The van der Waals surface area contributed by atoms with E-state index in [1.165, 1.54) is 0 Å². The van der Waals surface area contributed by atoms with Crippen molar-refractivity contribution < 1.29 is 9.85 Å². The van der Waals surface area contributed by atoms with Crippen molar-refractivity contribution in [3.8, 4) is 12.1 Å². The maximum absolute atomic E-state index is 11.2. The van der Waals surface area contributed by atoms with Gasteiger partial charge in [0.05, 0.1) is 46.2 Å². The Labute approximate surface area is 243 Å². The zero-order chi connectivity index (χ0) is 31.1. The topological polar surface area (TPSA) is 169 Å². The molecule has 0 N–H and O–H groups in total. The van der Waals surface area contributed by atoms with E-state index in [0.29, 0.717) is 47.0 Å². The molecule has 2 aromatic carbocycles. The van der Waals surface area contributed by atoms with Crippen LogP contribution in [0.4, 0.5) is 11.4 Å². The fourth-order valence-electron chi connectivity index (χ4n) is 4.55. The van der Waals surface area contributed by atoms with E-state index in [-0.39, 0.29) is 33.1 Å². The Morgan fingerprint density at radius 3 is 1.55 bits per heavy atom. The lowest BCUT2D eigenvalue weighted by molar-refractivity contribution is -0.386. The summed E-state index contributed by atoms with van der Waals surface area (Å²) in [5.41, 5.74) is 5.38. The molecular formula is C30H32N8O4. The molecule has 4 aromatic rings. The number of hydrogen-bond acceptors (Lipinski definition) is 8. The monoisotopic (exact) mass is 568 g/mol. The highest BCUT2D eigenvalue weighted by Crippen LogP contribution is 2.30. The molecule has 0 fully saturated rings. The van der Waals surface area contributed by atoms with E-state index in [9.17, 15) is 20.2 Å². The average Bonchev–Trinajstić information content (AvgIpc) is 3.46. The summed E-state index contributed by atoms with van der Waals surface area (Å²) in [7, 11) is 0. The van der Waals surface area contributed by atoms with Crippen molar-refractivity contribution in [3.05, 3.63) is 114 Å². The van der Waals surface area contributed by atoms with Gasteiger partial charge in [0.25, 0.3) is 0 Å². The molecule has 216 valence electrons. The van der Waals surface area contributed by atoms with E-state index in [4.69, 9.17) is 10.5 Å². The maximum Gasteiger partial charge on any atom is 0.313 e. The molecule has 2 aromatic heterocycles. The van der Waals surface area contributed by atoms with Crippen LogP contribution in [0.3, 0.4) is 0 Å². The van der Waals surface area contributed by atoms with Gasteiger partial charge < -0.3 is 0 Å². The molecule has 0 saturated carbocycles.